The minimum atomic E-state index is -0.00579. The SMILES string of the molecule is CCN(C)C(=O)c1cscn1. The molecule has 11 heavy (non-hydrogen) atoms. The summed E-state index contributed by atoms with van der Waals surface area (Å²) in [5.41, 5.74) is 2.20. The maximum Gasteiger partial charge on any atom is 0.273 e. The summed E-state index contributed by atoms with van der Waals surface area (Å²) in [5, 5.41) is 1.76. The van der Waals surface area contributed by atoms with Crippen LogP contribution in [0.5, 0.6) is 0 Å². The van der Waals surface area contributed by atoms with Crippen molar-refractivity contribution in [3.63, 3.8) is 0 Å². The molecule has 0 fully saturated rings. The number of carbonyl (C=O) groups excluding carboxylic acids is 1. The molecule has 0 aromatic carbocycles. The zero-order chi connectivity index (χ0) is 8.27. The van der Waals surface area contributed by atoms with Crippen LogP contribution in [-0.2, 0) is 0 Å². The molecule has 4 heteroatoms. The van der Waals surface area contributed by atoms with Crippen LogP contribution in [0.4, 0.5) is 0 Å². The van der Waals surface area contributed by atoms with Gasteiger partial charge >= 0.3 is 0 Å². The summed E-state index contributed by atoms with van der Waals surface area (Å²) < 4.78 is 0. The third-order valence-electron chi connectivity index (χ3n) is 1.47. The van der Waals surface area contributed by atoms with Gasteiger partial charge in [-0.1, -0.05) is 0 Å². The maximum atomic E-state index is 11.3. The summed E-state index contributed by atoms with van der Waals surface area (Å²) in [6, 6.07) is 0. The van der Waals surface area contributed by atoms with E-state index >= 15 is 0 Å². The van der Waals surface area contributed by atoms with Crippen molar-refractivity contribution in [3.05, 3.63) is 16.6 Å². The van der Waals surface area contributed by atoms with Crippen molar-refractivity contribution in [2.75, 3.05) is 13.6 Å². The lowest BCUT2D eigenvalue weighted by Gasteiger charge is -2.11. The molecule has 1 amide bonds. The van der Waals surface area contributed by atoms with E-state index in [1.165, 1.54) is 11.3 Å². The summed E-state index contributed by atoms with van der Waals surface area (Å²) in [4.78, 5) is 16.9. The highest BCUT2D eigenvalue weighted by Crippen LogP contribution is 2.03. The molecule has 0 saturated heterocycles. The number of aromatic nitrogens is 1. The van der Waals surface area contributed by atoms with Gasteiger partial charge in [0.2, 0.25) is 0 Å². The average Bonchev–Trinajstić information content (AvgIpc) is 2.53. The Morgan fingerprint density at radius 2 is 2.55 bits per heavy atom. The molecule has 0 atom stereocenters. The number of amides is 1. The number of hydrogen-bond donors (Lipinski definition) is 0. The van der Waals surface area contributed by atoms with Gasteiger partial charge in [0.1, 0.15) is 5.69 Å². The largest absolute Gasteiger partial charge is 0.341 e. The fourth-order valence-electron chi connectivity index (χ4n) is 0.657. The summed E-state index contributed by atoms with van der Waals surface area (Å²) >= 11 is 1.44. The Kier molecular flexibility index (Phi) is 2.59. The van der Waals surface area contributed by atoms with E-state index in [0.717, 1.165) is 6.54 Å². The van der Waals surface area contributed by atoms with E-state index in [-0.39, 0.29) is 5.91 Å². The fraction of sp³-hybridized carbons (Fsp3) is 0.429. The summed E-state index contributed by atoms with van der Waals surface area (Å²) in [6.45, 7) is 2.65. The fourth-order valence-corrected chi connectivity index (χ4v) is 1.18. The van der Waals surface area contributed by atoms with Crippen molar-refractivity contribution in [2.24, 2.45) is 0 Å². The van der Waals surface area contributed by atoms with Gasteiger partial charge in [0.25, 0.3) is 5.91 Å². The summed E-state index contributed by atoms with van der Waals surface area (Å²) in [6.07, 6.45) is 0. The first-order chi connectivity index (χ1) is 5.25. The molecule has 0 aliphatic rings. The molecule has 0 aliphatic carbocycles. The quantitative estimate of drug-likeness (QED) is 0.669. The highest BCUT2D eigenvalue weighted by molar-refractivity contribution is 7.07. The molecule has 1 aromatic rings. The number of carbonyl (C=O) groups is 1. The molecule has 0 bridgehead atoms. The van der Waals surface area contributed by atoms with Gasteiger partial charge in [-0.3, -0.25) is 4.79 Å². The first-order valence-corrected chi connectivity index (χ1v) is 4.33. The van der Waals surface area contributed by atoms with Gasteiger partial charge in [0.05, 0.1) is 5.51 Å². The van der Waals surface area contributed by atoms with Crippen LogP contribution in [0.25, 0.3) is 0 Å². The highest BCUT2D eigenvalue weighted by atomic mass is 32.1. The molecule has 60 valence electrons. The number of nitrogens with zero attached hydrogens (tertiary/aromatic N) is 2. The standard InChI is InChI=1S/C7H10N2OS/c1-3-9(2)7(10)6-4-11-5-8-6/h4-5H,3H2,1-2H3. The van der Waals surface area contributed by atoms with E-state index < -0.39 is 0 Å². The highest BCUT2D eigenvalue weighted by Gasteiger charge is 2.10. The Hall–Kier alpha value is -0.900. The topological polar surface area (TPSA) is 33.2 Å². The van der Waals surface area contributed by atoms with E-state index in [1.807, 2.05) is 6.92 Å². The van der Waals surface area contributed by atoms with Gasteiger partial charge in [-0.05, 0) is 6.92 Å². The molecule has 0 spiro atoms. The van der Waals surface area contributed by atoms with Gasteiger partial charge in [-0.15, -0.1) is 11.3 Å². The molecule has 1 heterocycles. The van der Waals surface area contributed by atoms with Crippen LogP contribution in [-0.4, -0.2) is 29.4 Å². The summed E-state index contributed by atoms with van der Waals surface area (Å²) in [5.74, 6) is -0.00579. The van der Waals surface area contributed by atoms with Gasteiger partial charge in [-0.25, -0.2) is 4.98 Å². The van der Waals surface area contributed by atoms with Crippen molar-refractivity contribution >= 4 is 17.2 Å². The molecule has 3 nitrogen and oxygen atoms in total. The van der Waals surface area contributed by atoms with E-state index in [9.17, 15) is 4.79 Å². The van der Waals surface area contributed by atoms with E-state index in [2.05, 4.69) is 4.98 Å². The second-order valence-electron chi connectivity index (χ2n) is 2.19. The van der Waals surface area contributed by atoms with E-state index in [1.54, 1.807) is 22.8 Å². The first kappa shape index (κ1) is 8.20. The predicted octanol–water partition coefficient (Wildman–Crippen LogP) is 1.24. The second-order valence-corrected chi connectivity index (χ2v) is 2.91. The molecule has 0 saturated carbocycles. The maximum absolute atomic E-state index is 11.3. The third kappa shape index (κ3) is 1.77. The van der Waals surface area contributed by atoms with Crippen LogP contribution in [0.1, 0.15) is 17.4 Å². The lowest BCUT2D eigenvalue weighted by Crippen LogP contribution is -2.26. The zero-order valence-electron chi connectivity index (χ0n) is 6.57. The predicted molar refractivity (Wildman–Crippen MR) is 44.7 cm³/mol. The van der Waals surface area contributed by atoms with Gasteiger partial charge < -0.3 is 4.90 Å². The van der Waals surface area contributed by atoms with Crippen LogP contribution >= 0.6 is 11.3 Å². The molecule has 0 N–H and O–H groups in total. The Labute approximate surface area is 69.7 Å². The molecule has 1 rings (SSSR count). The molecular formula is C7H10N2OS. The van der Waals surface area contributed by atoms with Gasteiger partial charge in [-0.2, -0.15) is 0 Å². The molecule has 0 radical (unpaired) electrons. The van der Waals surface area contributed by atoms with Gasteiger partial charge in [0, 0.05) is 19.0 Å². The minimum absolute atomic E-state index is 0.00579. The van der Waals surface area contributed by atoms with Crippen LogP contribution in [0.3, 0.4) is 0 Å². The minimum Gasteiger partial charge on any atom is -0.341 e. The Bertz CT molecular complexity index is 233. The Balaban J connectivity index is 2.70. The smallest absolute Gasteiger partial charge is 0.273 e. The number of thiazole rings is 1. The molecule has 1 aromatic heterocycles. The second kappa shape index (κ2) is 3.48. The monoisotopic (exact) mass is 170 g/mol. The van der Waals surface area contributed by atoms with Crippen LogP contribution in [0.2, 0.25) is 0 Å². The van der Waals surface area contributed by atoms with Crippen molar-refractivity contribution in [1.29, 1.82) is 0 Å². The summed E-state index contributed by atoms with van der Waals surface area (Å²) in [7, 11) is 1.77. The van der Waals surface area contributed by atoms with Crippen molar-refractivity contribution in [3.8, 4) is 0 Å². The van der Waals surface area contributed by atoms with Gasteiger partial charge in [0.15, 0.2) is 0 Å². The molecular weight excluding hydrogens is 160 g/mol. The number of rotatable bonds is 2. The van der Waals surface area contributed by atoms with Crippen LogP contribution < -0.4 is 0 Å². The van der Waals surface area contributed by atoms with Crippen LogP contribution in [0.15, 0.2) is 10.9 Å². The molecule has 0 aliphatic heterocycles. The normalized spacial score (nSPS) is 9.64. The molecule has 0 unspecified atom stereocenters. The van der Waals surface area contributed by atoms with Crippen molar-refractivity contribution < 1.29 is 4.79 Å². The zero-order valence-corrected chi connectivity index (χ0v) is 7.39. The Morgan fingerprint density at radius 1 is 1.82 bits per heavy atom. The lowest BCUT2D eigenvalue weighted by molar-refractivity contribution is 0.0797. The van der Waals surface area contributed by atoms with E-state index in [4.69, 9.17) is 0 Å². The van der Waals surface area contributed by atoms with Crippen LogP contribution in [0, 0.1) is 0 Å². The number of hydrogen-bond acceptors (Lipinski definition) is 3. The third-order valence-corrected chi connectivity index (χ3v) is 2.06. The van der Waals surface area contributed by atoms with Crippen molar-refractivity contribution in [1.82, 2.24) is 9.88 Å². The van der Waals surface area contributed by atoms with Crippen molar-refractivity contribution in [2.45, 2.75) is 6.92 Å². The average molecular weight is 170 g/mol. The lowest BCUT2D eigenvalue weighted by atomic mass is 10.4. The van der Waals surface area contributed by atoms with E-state index in [0.29, 0.717) is 5.69 Å². The first-order valence-electron chi connectivity index (χ1n) is 3.39. The Morgan fingerprint density at radius 3 is 3.00 bits per heavy atom.